The number of nitrogens with two attached hydrogens (primary N) is 1. The Kier molecular flexibility index (Phi) is 26.2. The molecule has 4 N–H and O–H groups in total. The zero-order chi connectivity index (χ0) is 26.3. The molecule has 32 heavy (non-hydrogen) atoms. The first-order chi connectivity index (χ1) is 14.7. The number of likely N-dealkylation sites (tertiary alicyclic amines) is 1. The van der Waals surface area contributed by atoms with Crippen LogP contribution in [0, 0.1) is 18.8 Å². The van der Waals surface area contributed by atoms with Gasteiger partial charge in [0.1, 0.15) is 12.1 Å². The molecule has 1 saturated heterocycles. The van der Waals surface area contributed by atoms with E-state index in [1.165, 1.54) is 0 Å². The zero-order valence-corrected chi connectivity index (χ0v) is 21.1. The number of amides is 3. The van der Waals surface area contributed by atoms with Gasteiger partial charge in [-0.1, -0.05) is 45.6 Å². The topological polar surface area (TPSA) is 122 Å². The van der Waals surface area contributed by atoms with Crippen molar-refractivity contribution in [2.45, 2.75) is 79.6 Å². The largest absolute Gasteiger partial charge is 0.444 e. The average molecular weight is 456 g/mol. The number of aliphatic hydroxyl groups is 1. The molecule has 1 aliphatic heterocycles. The van der Waals surface area contributed by atoms with Gasteiger partial charge in [0.15, 0.2) is 0 Å². The van der Waals surface area contributed by atoms with Crippen molar-refractivity contribution in [1.29, 1.82) is 0 Å². The predicted octanol–water partition coefficient (Wildman–Crippen LogP) is 3.25. The van der Waals surface area contributed by atoms with Gasteiger partial charge in [0, 0.05) is 12.6 Å². The number of primary amides is 1. The van der Waals surface area contributed by atoms with E-state index in [0.717, 1.165) is 5.92 Å². The number of aliphatic hydroxyl groups excluding tert-OH is 1. The molecular weight excluding hydrogens is 410 g/mol. The van der Waals surface area contributed by atoms with Crippen LogP contribution in [0.2, 0.25) is 0 Å². The van der Waals surface area contributed by atoms with Crippen molar-refractivity contribution in [3.8, 4) is 12.8 Å². The van der Waals surface area contributed by atoms with Crippen molar-refractivity contribution in [3.05, 3.63) is 24.8 Å². The predicted molar refractivity (Wildman–Crippen MR) is 132 cm³/mol. The molecule has 1 fully saturated rings. The summed E-state index contributed by atoms with van der Waals surface area (Å²) in [7, 11) is 0. The van der Waals surface area contributed by atoms with Gasteiger partial charge in [-0.2, -0.15) is 0 Å². The molecule has 0 aromatic rings. The van der Waals surface area contributed by atoms with Gasteiger partial charge in [-0.25, -0.2) is 4.79 Å². The highest BCUT2D eigenvalue weighted by Gasteiger charge is 2.31. The molecule has 0 radical (unpaired) electrons. The summed E-state index contributed by atoms with van der Waals surface area (Å²) in [5, 5.41) is 11.9. The van der Waals surface area contributed by atoms with Crippen molar-refractivity contribution >= 4 is 18.4 Å². The third-order valence-electron chi connectivity index (χ3n) is 2.98. The molecule has 1 rings (SSSR count). The minimum atomic E-state index is -0.608. The molecule has 3 amide bonds. The van der Waals surface area contributed by atoms with Gasteiger partial charge in [0.05, 0.1) is 6.10 Å². The third-order valence-corrected chi connectivity index (χ3v) is 2.98. The van der Waals surface area contributed by atoms with Gasteiger partial charge >= 0.3 is 6.09 Å². The first-order valence-electron chi connectivity index (χ1n) is 10.4. The molecule has 0 aromatic heterocycles. The van der Waals surface area contributed by atoms with Gasteiger partial charge in [0.2, 0.25) is 12.3 Å². The van der Waals surface area contributed by atoms with Crippen LogP contribution in [0.5, 0.6) is 0 Å². The van der Waals surface area contributed by atoms with E-state index in [0.29, 0.717) is 13.0 Å². The molecule has 1 aliphatic rings. The van der Waals surface area contributed by atoms with Crippen molar-refractivity contribution < 1.29 is 24.2 Å². The third kappa shape index (κ3) is 29.4. The lowest BCUT2D eigenvalue weighted by molar-refractivity contribution is -0.131. The van der Waals surface area contributed by atoms with Crippen LogP contribution in [0.1, 0.15) is 61.8 Å². The van der Waals surface area contributed by atoms with E-state index in [-0.39, 0.29) is 24.9 Å². The Labute approximate surface area is 195 Å². The van der Waals surface area contributed by atoms with Gasteiger partial charge in [0.25, 0.3) is 0 Å². The second-order valence-electron chi connectivity index (χ2n) is 8.27. The lowest BCUT2D eigenvalue weighted by Crippen LogP contribution is -2.43. The van der Waals surface area contributed by atoms with Gasteiger partial charge in [-0.05, 0) is 47.0 Å². The minimum absolute atomic E-state index is 0.00735. The molecule has 0 bridgehead atoms. The van der Waals surface area contributed by atoms with Crippen LogP contribution < -0.4 is 11.1 Å². The molecule has 8 nitrogen and oxygen atoms in total. The number of rotatable bonds is 3. The second kappa shape index (κ2) is 22.9. The first-order valence-corrected chi connectivity index (χ1v) is 10.4. The van der Waals surface area contributed by atoms with E-state index in [4.69, 9.17) is 9.53 Å². The number of carbonyl (C=O) groups excluding carboxylic acids is 3. The molecule has 0 saturated carbocycles. The normalized spacial score (nSPS) is 16.4. The van der Waals surface area contributed by atoms with Gasteiger partial charge in [-0.15, -0.1) is 12.8 Å². The molecule has 0 spiro atoms. The van der Waals surface area contributed by atoms with Gasteiger partial charge < -0.3 is 25.8 Å². The summed E-state index contributed by atoms with van der Waals surface area (Å²) >= 11 is 0. The van der Waals surface area contributed by atoms with Crippen LogP contribution in [-0.4, -0.2) is 59.3 Å². The molecular formula is C24H45N3O5. The number of hydrogen-bond acceptors (Lipinski definition) is 5. The number of nitrogens with one attached hydrogen (secondary N) is 1. The van der Waals surface area contributed by atoms with Crippen LogP contribution in [0.25, 0.3) is 0 Å². The highest BCUT2D eigenvalue weighted by Crippen LogP contribution is 2.16. The van der Waals surface area contributed by atoms with E-state index in [2.05, 4.69) is 51.2 Å². The number of carbonyl (C=O) groups is 3. The summed E-state index contributed by atoms with van der Waals surface area (Å²) in [5.41, 5.74) is 3.59. The van der Waals surface area contributed by atoms with E-state index in [9.17, 15) is 14.7 Å². The molecule has 0 unspecified atom stereocenters. The van der Waals surface area contributed by atoms with Crippen LogP contribution in [0.4, 0.5) is 4.79 Å². The summed E-state index contributed by atoms with van der Waals surface area (Å²) in [5.74, 6) is 0.630. The van der Waals surface area contributed by atoms with E-state index in [1.807, 2.05) is 26.0 Å². The number of nitrogens with zero attached hydrogens (tertiary/aromatic N) is 1. The summed E-state index contributed by atoms with van der Waals surface area (Å²) in [6.45, 7) is 19.3. The Hall–Kier alpha value is -2.79. The molecule has 2 atom stereocenters. The number of ether oxygens (including phenoxy) is 1. The maximum absolute atomic E-state index is 11.8. The van der Waals surface area contributed by atoms with Crippen LogP contribution in [0.15, 0.2) is 24.8 Å². The standard InChI is InChI=1S/C12H22N2O4.C5H8.C4H10.C2H2.CH3NO/c1-8-5-9(15)7-14(8)10(16)6-13-11(17)18-12(2,3)4;1-3-5-4-2;1-4(2)3;1-2;2-1-3/h8-9,15H,5-7H2,1-4H3,(H,13,17);3-5H,1H2,2H3;4H,1-3H3;1-2H;1H,(H2,2,3)/b;5-4-;;;/t8-,9+;;;;/m1..../s1. The lowest BCUT2D eigenvalue weighted by Gasteiger charge is -2.23. The molecule has 0 aromatic carbocycles. The van der Waals surface area contributed by atoms with Gasteiger partial charge in [-0.3, -0.25) is 9.59 Å². The maximum atomic E-state index is 11.8. The minimum Gasteiger partial charge on any atom is -0.444 e. The summed E-state index contributed by atoms with van der Waals surface area (Å²) in [4.78, 5) is 33.3. The quantitative estimate of drug-likeness (QED) is 0.342. The average Bonchev–Trinajstić information content (AvgIpc) is 3.00. The Bertz CT molecular complexity index is 549. The number of hydrogen-bond donors (Lipinski definition) is 3. The van der Waals surface area contributed by atoms with E-state index in [1.54, 1.807) is 31.7 Å². The lowest BCUT2D eigenvalue weighted by atomic mass is 10.2. The summed E-state index contributed by atoms with van der Waals surface area (Å²) < 4.78 is 5.03. The van der Waals surface area contributed by atoms with E-state index < -0.39 is 17.8 Å². The number of alkyl carbamates (subject to hydrolysis) is 1. The fourth-order valence-corrected chi connectivity index (χ4v) is 2.05. The molecule has 8 heteroatoms. The highest BCUT2D eigenvalue weighted by atomic mass is 16.6. The second-order valence-corrected chi connectivity index (χ2v) is 8.27. The van der Waals surface area contributed by atoms with E-state index >= 15 is 0 Å². The maximum Gasteiger partial charge on any atom is 0.408 e. The fourth-order valence-electron chi connectivity index (χ4n) is 2.05. The number of terminal acetylenes is 1. The Balaban J connectivity index is -0.000000230. The molecule has 186 valence electrons. The Morgan fingerprint density at radius 3 is 2.00 bits per heavy atom. The number of allylic oxidation sites excluding steroid dienone is 3. The molecule has 1 heterocycles. The monoisotopic (exact) mass is 455 g/mol. The summed E-state index contributed by atoms with van der Waals surface area (Å²) in [6.07, 6.45) is 13.3. The zero-order valence-electron chi connectivity index (χ0n) is 21.1. The van der Waals surface area contributed by atoms with Crippen molar-refractivity contribution in [2.24, 2.45) is 11.7 Å². The van der Waals surface area contributed by atoms with Crippen LogP contribution in [-0.2, 0) is 14.3 Å². The fraction of sp³-hybridized carbons (Fsp3) is 0.625. The SMILES string of the molecule is C#C.C=C/C=C\C.CC(C)C.C[C@@H]1C[C@H](O)CN1C(=O)CNC(=O)OC(C)(C)C.NC=O. The van der Waals surface area contributed by atoms with Crippen molar-refractivity contribution in [2.75, 3.05) is 13.1 Å². The summed E-state index contributed by atoms with van der Waals surface area (Å²) in [6, 6.07) is 0.00735. The van der Waals surface area contributed by atoms with Crippen LogP contribution in [0.3, 0.4) is 0 Å². The highest BCUT2D eigenvalue weighted by molar-refractivity contribution is 5.82. The molecule has 0 aliphatic carbocycles. The first kappa shape index (κ1) is 36.6. The Morgan fingerprint density at radius 2 is 1.75 bits per heavy atom. The smallest absolute Gasteiger partial charge is 0.408 e. The van der Waals surface area contributed by atoms with Crippen LogP contribution >= 0.6 is 0 Å². The van der Waals surface area contributed by atoms with Crippen molar-refractivity contribution in [1.82, 2.24) is 10.2 Å². The Morgan fingerprint density at radius 1 is 1.31 bits per heavy atom. The van der Waals surface area contributed by atoms with Crippen molar-refractivity contribution in [3.63, 3.8) is 0 Å². The number of β-amino-alcohol motifs (C(OH)–C–C–N with tert-alkyl or cyclic N) is 1.